The molecule has 9 heteroatoms. The number of anilines is 2. The number of para-hydroxylation sites is 1. The molecule has 0 saturated heterocycles. The fourth-order valence-electron chi connectivity index (χ4n) is 2.48. The number of rotatable bonds is 6. The molecule has 1 aromatic heterocycles. The van der Waals surface area contributed by atoms with E-state index >= 15 is 0 Å². The fraction of sp³-hybridized carbons (Fsp3) is 0.167. The zero-order valence-corrected chi connectivity index (χ0v) is 16.4. The van der Waals surface area contributed by atoms with Crippen LogP contribution in [0, 0.1) is 6.92 Å². The standard InChI is InChI=1S/C18H18N4O3S2/c1-13-8-6-7-11-15(13)22(27(2,24)25)12-16(23)19-18-21-20-17(26-18)14-9-4-3-5-10-14/h3-11H,12H2,1-2H3,(H,19,21,23). The van der Waals surface area contributed by atoms with Crippen LogP contribution in [-0.4, -0.2) is 37.3 Å². The maximum absolute atomic E-state index is 12.4. The molecule has 27 heavy (non-hydrogen) atoms. The molecule has 0 radical (unpaired) electrons. The van der Waals surface area contributed by atoms with Gasteiger partial charge in [0, 0.05) is 5.56 Å². The molecule has 0 bridgehead atoms. The number of aryl methyl sites for hydroxylation is 1. The summed E-state index contributed by atoms with van der Waals surface area (Å²) in [6.07, 6.45) is 1.07. The van der Waals surface area contributed by atoms with Gasteiger partial charge in [0.2, 0.25) is 21.1 Å². The molecule has 1 heterocycles. The van der Waals surface area contributed by atoms with Crippen molar-refractivity contribution in [2.24, 2.45) is 0 Å². The Labute approximate surface area is 161 Å². The van der Waals surface area contributed by atoms with Crippen LogP contribution in [0.3, 0.4) is 0 Å². The Morgan fingerprint density at radius 1 is 1.07 bits per heavy atom. The molecule has 0 unspecified atom stereocenters. The minimum absolute atomic E-state index is 0.317. The molecule has 3 aromatic rings. The predicted molar refractivity (Wildman–Crippen MR) is 107 cm³/mol. The number of hydrogen-bond donors (Lipinski definition) is 1. The highest BCUT2D eigenvalue weighted by molar-refractivity contribution is 7.92. The highest BCUT2D eigenvalue weighted by Gasteiger charge is 2.22. The fourth-order valence-corrected chi connectivity index (χ4v) is 4.16. The van der Waals surface area contributed by atoms with E-state index in [-0.39, 0.29) is 6.54 Å². The van der Waals surface area contributed by atoms with Crippen LogP contribution < -0.4 is 9.62 Å². The van der Waals surface area contributed by atoms with Crippen molar-refractivity contribution < 1.29 is 13.2 Å². The van der Waals surface area contributed by atoms with E-state index in [0.29, 0.717) is 15.8 Å². The molecular formula is C18H18N4O3S2. The highest BCUT2D eigenvalue weighted by Crippen LogP contribution is 2.26. The molecule has 0 aliphatic carbocycles. The maximum atomic E-state index is 12.4. The van der Waals surface area contributed by atoms with Crippen LogP contribution in [0.2, 0.25) is 0 Å². The van der Waals surface area contributed by atoms with Gasteiger partial charge in [-0.2, -0.15) is 0 Å². The first kappa shape index (κ1) is 19.0. The van der Waals surface area contributed by atoms with E-state index in [1.165, 1.54) is 11.3 Å². The van der Waals surface area contributed by atoms with Crippen molar-refractivity contribution in [2.45, 2.75) is 6.92 Å². The Morgan fingerprint density at radius 3 is 2.41 bits per heavy atom. The van der Waals surface area contributed by atoms with E-state index in [1.807, 2.05) is 36.4 Å². The first-order valence-electron chi connectivity index (χ1n) is 8.07. The van der Waals surface area contributed by atoms with Crippen LogP contribution in [0.5, 0.6) is 0 Å². The summed E-state index contributed by atoms with van der Waals surface area (Å²) >= 11 is 1.23. The van der Waals surface area contributed by atoms with E-state index < -0.39 is 15.9 Å². The number of aromatic nitrogens is 2. The Bertz CT molecular complexity index is 1050. The highest BCUT2D eigenvalue weighted by atomic mass is 32.2. The number of sulfonamides is 1. The predicted octanol–water partition coefficient (Wildman–Crippen LogP) is 2.92. The zero-order valence-electron chi connectivity index (χ0n) is 14.8. The molecule has 1 N–H and O–H groups in total. The minimum Gasteiger partial charge on any atom is -0.299 e. The normalized spacial score (nSPS) is 11.2. The molecule has 0 fully saturated rings. The second kappa shape index (κ2) is 7.85. The number of hydrogen-bond acceptors (Lipinski definition) is 6. The van der Waals surface area contributed by atoms with Crippen LogP contribution >= 0.6 is 11.3 Å². The van der Waals surface area contributed by atoms with Gasteiger partial charge in [-0.15, -0.1) is 10.2 Å². The third-order valence-corrected chi connectivity index (χ3v) is 5.78. The summed E-state index contributed by atoms with van der Waals surface area (Å²) in [4.78, 5) is 12.4. The lowest BCUT2D eigenvalue weighted by atomic mass is 10.2. The second-order valence-corrected chi connectivity index (χ2v) is 8.77. The molecular weight excluding hydrogens is 384 g/mol. The van der Waals surface area contributed by atoms with Crippen LogP contribution in [0.4, 0.5) is 10.8 Å². The Kier molecular flexibility index (Phi) is 5.52. The van der Waals surface area contributed by atoms with Crippen molar-refractivity contribution in [3.05, 3.63) is 60.2 Å². The number of amides is 1. The SMILES string of the molecule is Cc1ccccc1N(CC(=O)Nc1nnc(-c2ccccc2)s1)S(C)(=O)=O. The molecule has 0 atom stereocenters. The average Bonchev–Trinajstić information content (AvgIpc) is 3.09. The van der Waals surface area contributed by atoms with Crippen LogP contribution in [0.15, 0.2) is 54.6 Å². The minimum atomic E-state index is -3.63. The Hall–Kier alpha value is -2.78. The maximum Gasteiger partial charge on any atom is 0.246 e. The lowest BCUT2D eigenvalue weighted by molar-refractivity contribution is -0.114. The summed E-state index contributed by atoms with van der Waals surface area (Å²) < 4.78 is 25.4. The molecule has 2 aromatic carbocycles. The van der Waals surface area contributed by atoms with Gasteiger partial charge in [0.25, 0.3) is 0 Å². The monoisotopic (exact) mass is 402 g/mol. The lowest BCUT2D eigenvalue weighted by Crippen LogP contribution is -2.37. The Morgan fingerprint density at radius 2 is 1.74 bits per heavy atom. The van der Waals surface area contributed by atoms with Gasteiger partial charge < -0.3 is 0 Å². The number of nitrogens with one attached hydrogen (secondary N) is 1. The Balaban J connectivity index is 1.76. The summed E-state index contributed by atoms with van der Waals surface area (Å²) in [5.74, 6) is -0.487. The van der Waals surface area contributed by atoms with Gasteiger partial charge in [0.05, 0.1) is 11.9 Å². The quantitative estimate of drug-likeness (QED) is 0.684. The first-order valence-corrected chi connectivity index (χ1v) is 10.7. The van der Waals surface area contributed by atoms with E-state index in [4.69, 9.17) is 0 Å². The van der Waals surface area contributed by atoms with Crippen molar-refractivity contribution in [1.29, 1.82) is 0 Å². The second-order valence-electron chi connectivity index (χ2n) is 5.88. The number of nitrogens with zero attached hydrogens (tertiary/aromatic N) is 3. The summed E-state index contributed by atoms with van der Waals surface area (Å²) in [5.41, 5.74) is 2.13. The largest absolute Gasteiger partial charge is 0.299 e. The van der Waals surface area contributed by atoms with E-state index in [0.717, 1.165) is 21.7 Å². The zero-order chi connectivity index (χ0) is 19.4. The van der Waals surface area contributed by atoms with Gasteiger partial charge in [-0.25, -0.2) is 8.42 Å². The molecule has 1 amide bonds. The average molecular weight is 403 g/mol. The van der Waals surface area contributed by atoms with Gasteiger partial charge in [-0.1, -0.05) is 59.9 Å². The molecule has 0 spiro atoms. The lowest BCUT2D eigenvalue weighted by Gasteiger charge is -2.23. The van der Waals surface area contributed by atoms with E-state index in [1.54, 1.807) is 25.1 Å². The van der Waals surface area contributed by atoms with Crippen molar-refractivity contribution in [3.8, 4) is 10.6 Å². The third-order valence-electron chi connectivity index (χ3n) is 3.76. The topological polar surface area (TPSA) is 92.3 Å². The smallest absolute Gasteiger partial charge is 0.246 e. The summed E-state index contributed by atoms with van der Waals surface area (Å²) in [5, 5.41) is 11.6. The van der Waals surface area contributed by atoms with Crippen LogP contribution in [-0.2, 0) is 14.8 Å². The van der Waals surface area contributed by atoms with Crippen molar-refractivity contribution in [3.63, 3.8) is 0 Å². The number of carbonyl (C=O) groups excluding carboxylic acids is 1. The molecule has 3 rings (SSSR count). The summed E-state index contributed by atoms with van der Waals surface area (Å²) in [6.45, 7) is 1.45. The van der Waals surface area contributed by atoms with Gasteiger partial charge in [0.1, 0.15) is 11.6 Å². The van der Waals surface area contributed by atoms with E-state index in [2.05, 4.69) is 15.5 Å². The van der Waals surface area contributed by atoms with Gasteiger partial charge in [-0.05, 0) is 18.6 Å². The molecule has 0 aliphatic rings. The van der Waals surface area contributed by atoms with Crippen LogP contribution in [0.25, 0.3) is 10.6 Å². The number of carbonyl (C=O) groups is 1. The summed E-state index contributed by atoms with van der Waals surface area (Å²) in [6, 6.07) is 16.5. The van der Waals surface area contributed by atoms with E-state index in [9.17, 15) is 13.2 Å². The van der Waals surface area contributed by atoms with Crippen LogP contribution in [0.1, 0.15) is 5.56 Å². The van der Waals surface area contributed by atoms with Gasteiger partial charge in [0.15, 0.2) is 0 Å². The first-order chi connectivity index (χ1) is 12.8. The number of benzene rings is 2. The molecule has 0 saturated carbocycles. The van der Waals surface area contributed by atoms with Gasteiger partial charge >= 0.3 is 0 Å². The van der Waals surface area contributed by atoms with Crippen molar-refractivity contribution in [2.75, 3.05) is 22.4 Å². The van der Waals surface area contributed by atoms with Crippen molar-refractivity contribution >= 4 is 38.1 Å². The molecule has 0 aliphatic heterocycles. The third kappa shape index (κ3) is 4.69. The van der Waals surface area contributed by atoms with Gasteiger partial charge in [-0.3, -0.25) is 14.4 Å². The molecule has 7 nitrogen and oxygen atoms in total. The summed E-state index contributed by atoms with van der Waals surface area (Å²) in [7, 11) is -3.63. The molecule has 140 valence electrons. The van der Waals surface area contributed by atoms with Crippen molar-refractivity contribution in [1.82, 2.24) is 10.2 Å².